The third-order valence-electron chi connectivity index (χ3n) is 9.68. The zero-order valence-electron chi connectivity index (χ0n) is 28.3. The van der Waals surface area contributed by atoms with Gasteiger partial charge in [-0.3, -0.25) is 0 Å². The minimum atomic E-state index is -0.621. The van der Waals surface area contributed by atoms with E-state index >= 15 is 0 Å². The number of aliphatic hydroxyl groups is 4. The summed E-state index contributed by atoms with van der Waals surface area (Å²) in [6, 6.07) is 0. The highest BCUT2D eigenvalue weighted by atomic mass is 16.5. The molecule has 2 rings (SSSR count). The van der Waals surface area contributed by atoms with Gasteiger partial charge in [-0.15, -0.1) is 0 Å². The number of unbranched alkanes of at least 4 members (excludes halogenated alkanes) is 15. The van der Waals surface area contributed by atoms with Crippen LogP contribution in [-0.2, 0) is 14.3 Å². The molecule has 2 aliphatic rings. The number of carbonyl (C=O) groups excluding carboxylic acids is 1. The molecular weight excluding hydrogens is 556 g/mol. The van der Waals surface area contributed by atoms with Gasteiger partial charge in [0.25, 0.3) is 0 Å². The monoisotopic (exact) mass is 624 g/mol. The quantitative estimate of drug-likeness (QED) is 0.0518. The second kappa shape index (κ2) is 24.2. The zero-order chi connectivity index (χ0) is 32.0. The molecule has 0 saturated carbocycles. The summed E-state index contributed by atoms with van der Waals surface area (Å²) in [5.41, 5.74) is 0.858. The van der Waals surface area contributed by atoms with E-state index in [0.29, 0.717) is 19.3 Å². The van der Waals surface area contributed by atoms with E-state index in [9.17, 15) is 25.2 Å². The number of cyclic esters (lactones) is 1. The molecule has 1 saturated heterocycles. The SMILES string of the molecule is CCCCCC[C@@H](O)[C@H](O)CCCCCC[C@@H](O)[C@H]1CC[C@H]([C@H](O)CCCCCCCCCCCCC2=C[C@H](C)OC2=O)O1. The van der Waals surface area contributed by atoms with Crippen LogP contribution in [0.25, 0.3) is 0 Å². The van der Waals surface area contributed by atoms with Crippen molar-refractivity contribution in [2.24, 2.45) is 0 Å². The molecule has 44 heavy (non-hydrogen) atoms. The highest BCUT2D eigenvalue weighted by Gasteiger charge is 2.34. The van der Waals surface area contributed by atoms with Gasteiger partial charge in [0.2, 0.25) is 0 Å². The molecule has 0 radical (unpaired) electrons. The number of hydrogen-bond acceptors (Lipinski definition) is 7. The Morgan fingerprint density at radius 2 is 1.05 bits per heavy atom. The van der Waals surface area contributed by atoms with E-state index in [4.69, 9.17) is 9.47 Å². The number of ether oxygens (including phenoxy) is 2. The van der Waals surface area contributed by atoms with Gasteiger partial charge in [0.05, 0.1) is 36.6 Å². The highest BCUT2D eigenvalue weighted by Crippen LogP contribution is 2.28. The fraction of sp³-hybridized carbons (Fsp3) is 0.919. The van der Waals surface area contributed by atoms with Gasteiger partial charge in [0.15, 0.2) is 0 Å². The predicted molar refractivity (Wildman–Crippen MR) is 177 cm³/mol. The summed E-state index contributed by atoms with van der Waals surface area (Å²) < 4.78 is 11.2. The molecule has 7 nitrogen and oxygen atoms in total. The maximum absolute atomic E-state index is 11.6. The molecule has 0 aromatic heterocycles. The lowest BCUT2D eigenvalue weighted by Crippen LogP contribution is -2.31. The summed E-state index contributed by atoms with van der Waals surface area (Å²) in [5.74, 6) is -0.128. The third-order valence-corrected chi connectivity index (χ3v) is 9.68. The third kappa shape index (κ3) is 17.1. The molecule has 2 heterocycles. The number of esters is 1. The molecule has 4 N–H and O–H groups in total. The van der Waals surface area contributed by atoms with Crippen LogP contribution >= 0.6 is 0 Å². The van der Waals surface area contributed by atoms with E-state index in [1.54, 1.807) is 0 Å². The Hall–Kier alpha value is -0.990. The largest absolute Gasteiger partial charge is 0.455 e. The summed E-state index contributed by atoms with van der Waals surface area (Å²) in [7, 11) is 0. The van der Waals surface area contributed by atoms with Gasteiger partial charge in [-0.05, 0) is 64.4 Å². The van der Waals surface area contributed by atoms with Crippen LogP contribution in [0.1, 0.15) is 174 Å². The standard InChI is InChI=1S/C37H68O7/c1-3-4-5-17-22-31(38)32(39)23-18-14-15-20-25-34(41)36-27-26-35(44-36)33(40)24-19-13-11-9-7-6-8-10-12-16-21-30-28-29(2)43-37(30)42/h28-29,31-36,38-41H,3-27H2,1-2H3/t29-,31+,32+,33+,34+,35+,36+/m0/s1. The van der Waals surface area contributed by atoms with Crippen LogP contribution in [0.5, 0.6) is 0 Å². The van der Waals surface area contributed by atoms with E-state index in [0.717, 1.165) is 89.0 Å². The van der Waals surface area contributed by atoms with Gasteiger partial charge in [0, 0.05) is 5.57 Å². The molecule has 7 atom stereocenters. The first-order chi connectivity index (χ1) is 21.3. The van der Waals surface area contributed by atoms with Crippen LogP contribution < -0.4 is 0 Å². The van der Waals surface area contributed by atoms with Crippen molar-refractivity contribution in [3.05, 3.63) is 11.6 Å². The van der Waals surface area contributed by atoms with Crippen molar-refractivity contribution >= 4 is 5.97 Å². The van der Waals surface area contributed by atoms with E-state index < -0.39 is 24.4 Å². The van der Waals surface area contributed by atoms with Crippen LogP contribution in [0.15, 0.2) is 11.6 Å². The molecule has 0 bridgehead atoms. The molecule has 0 amide bonds. The lowest BCUT2D eigenvalue weighted by atomic mass is 9.98. The van der Waals surface area contributed by atoms with Gasteiger partial charge < -0.3 is 29.9 Å². The fourth-order valence-electron chi connectivity index (χ4n) is 6.75. The van der Waals surface area contributed by atoms with Gasteiger partial charge in [-0.25, -0.2) is 4.79 Å². The molecular formula is C37H68O7. The van der Waals surface area contributed by atoms with Crippen LogP contribution in [0.4, 0.5) is 0 Å². The molecule has 0 unspecified atom stereocenters. The maximum Gasteiger partial charge on any atom is 0.334 e. The van der Waals surface area contributed by atoms with E-state index in [-0.39, 0.29) is 24.3 Å². The van der Waals surface area contributed by atoms with Gasteiger partial charge in [-0.2, -0.15) is 0 Å². The van der Waals surface area contributed by atoms with Gasteiger partial charge in [-0.1, -0.05) is 116 Å². The normalized spacial score (nSPS) is 23.0. The molecule has 0 aromatic carbocycles. The zero-order valence-corrected chi connectivity index (χ0v) is 28.3. The highest BCUT2D eigenvalue weighted by molar-refractivity contribution is 5.90. The summed E-state index contributed by atoms with van der Waals surface area (Å²) in [4.78, 5) is 11.6. The Bertz CT molecular complexity index is 756. The maximum atomic E-state index is 11.6. The summed E-state index contributed by atoms with van der Waals surface area (Å²) in [6.45, 7) is 4.08. The molecule has 0 spiro atoms. The predicted octanol–water partition coefficient (Wildman–Crippen LogP) is 7.84. The molecule has 1 fully saturated rings. The Morgan fingerprint density at radius 1 is 0.636 bits per heavy atom. The first-order valence-corrected chi connectivity index (χ1v) is 18.6. The van der Waals surface area contributed by atoms with Crippen LogP contribution in [0.2, 0.25) is 0 Å². The summed E-state index contributed by atoms with van der Waals surface area (Å²) in [5, 5.41) is 41.6. The van der Waals surface area contributed by atoms with Crippen molar-refractivity contribution in [1.82, 2.24) is 0 Å². The van der Waals surface area contributed by atoms with Gasteiger partial charge in [0.1, 0.15) is 6.10 Å². The number of carbonyl (C=O) groups is 1. The number of aliphatic hydroxyl groups excluding tert-OH is 4. The van der Waals surface area contributed by atoms with Gasteiger partial charge >= 0.3 is 5.97 Å². The van der Waals surface area contributed by atoms with Crippen molar-refractivity contribution in [2.45, 2.75) is 217 Å². The lowest BCUT2D eigenvalue weighted by molar-refractivity contribution is -0.139. The van der Waals surface area contributed by atoms with Crippen LogP contribution in [-0.4, -0.2) is 69.1 Å². The smallest absolute Gasteiger partial charge is 0.334 e. The van der Waals surface area contributed by atoms with E-state index in [1.165, 1.54) is 57.8 Å². The molecule has 0 aromatic rings. The van der Waals surface area contributed by atoms with E-state index in [2.05, 4.69) is 6.92 Å². The topological polar surface area (TPSA) is 116 Å². The summed E-state index contributed by atoms with van der Waals surface area (Å²) >= 11 is 0. The number of rotatable bonds is 28. The van der Waals surface area contributed by atoms with Crippen molar-refractivity contribution in [3.8, 4) is 0 Å². The average Bonchev–Trinajstić information content (AvgIpc) is 3.63. The first-order valence-electron chi connectivity index (χ1n) is 18.6. The number of hydrogen-bond donors (Lipinski definition) is 4. The summed E-state index contributed by atoms with van der Waals surface area (Å²) in [6.07, 6.45) is 25.0. The van der Waals surface area contributed by atoms with Crippen molar-refractivity contribution in [1.29, 1.82) is 0 Å². The second-order valence-electron chi connectivity index (χ2n) is 13.8. The second-order valence-corrected chi connectivity index (χ2v) is 13.8. The van der Waals surface area contributed by atoms with Crippen molar-refractivity contribution < 1.29 is 34.7 Å². The molecule has 7 heteroatoms. The first kappa shape index (κ1) is 39.2. The van der Waals surface area contributed by atoms with Crippen LogP contribution in [0, 0.1) is 0 Å². The van der Waals surface area contributed by atoms with Crippen molar-refractivity contribution in [2.75, 3.05) is 0 Å². The Balaban J connectivity index is 1.37. The molecule has 258 valence electrons. The molecule has 2 aliphatic heterocycles. The van der Waals surface area contributed by atoms with Crippen LogP contribution in [0.3, 0.4) is 0 Å². The molecule has 0 aliphatic carbocycles. The minimum absolute atomic E-state index is 0.0556. The Morgan fingerprint density at radius 3 is 1.48 bits per heavy atom. The van der Waals surface area contributed by atoms with E-state index in [1.807, 2.05) is 13.0 Å². The lowest BCUT2D eigenvalue weighted by Gasteiger charge is -2.22. The van der Waals surface area contributed by atoms with Crippen molar-refractivity contribution in [3.63, 3.8) is 0 Å². The minimum Gasteiger partial charge on any atom is -0.455 e. The fourth-order valence-corrected chi connectivity index (χ4v) is 6.75. The Kier molecular flexibility index (Phi) is 21.6. The average molecular weight is 625 g/mol. The Labute approximate surface area is 269 Å².